The first-order valence-corrected chi connectivity index (χ1v) is 5.95. The molecule has 0 saturated carbocycles. The maximum atomic E-state index is 12.3. The summed E-state index contributed by atoms with van der Waals surface area (Å²) in [5.74, 6) is 0.0707. The van der Waals surface area contributed by atoms with Gasteiger partial charge in [-0.1, -0.05) is 65.0 Å². The number of aliphatic hydroxyl groups excluding tert-OH is 1. The summed E-state index contributed by atoms with van der Waals surface area (Å²) >= 11 is 0. The molecule has 1 aromatic rings. The second-order valence-corrected chi connectivity index (χ2v) is 6.11. The molecule has 2 heteroatoms. The molecule has 0 aliphatic heterocycles. The van der Waals surface area contributed by atoms with Gasteiger partial charge in [-0.3, -0.25) is 4.79 Å². The number of rotatable bonds is 3. The zero-order valence-electron chi connectivity index (χ0n) is 11.3. The zero-order chi connectivity index (χ0) is 13.3. The van der Waals surface area contributed by atoms with Crippen LogP contribution in [0.5, 0.6) is 0 Å². The van der Waals surface area contributed by atoms with Gasteiger partial charge in [0.05, 0.1) is 11.5 Å². The lowest BCUT2D eigenvalue weighted by Gasteiger charge is -2.34. The van der Waals surface area contributed by atoms with Crippen LogP contribution in [0.2, 0.25) is 0 Å². The van der Waals surface area contributed by atoms with E-state index >= 15 is 0 Å². The summed E-state index contributed by atoms with van der Waals surface area (Å²) < 4.78 is 0. The first-order chi connectivity index (χ1) is 7.67. The van der Waals surface area contributed by atoms with Crippen LogP contribution >= 0.6 is 0 Å². The molecular formula is C15H22O2. The summed E-state index contributed by atoms with van der Waals surface area (Å²) in [6, 6.07) is 9.34. The Kier molecular flexibility index (Phi) is 3.78. The lowest BCUT2D eigenvalue weighted by Crippen LogP contribution is -2.39. The Bertz CT molecular complexity index is 385. The molecule has 0 bridgehead atoms. The third-order valence-corrected chi connectivity index (χ3v) is 3.07. The smallest absolute Gasteiger partial charge is 0.146 e. The van der Waals surface area contributed by atoms with E-state index in [0.29, 0.717) is 0 Å². The number of ketones is 1. The largest absolute Gasteiger partial charge is 0.387 e. The number of aliphatic hydroxyl groups is 1. The monoisotopic (exact) mass is 234 g/mol. The van der Waals surface area contributed by atoms with Crippen molar-refractivity contribution in [3.63, 3.8) is 0 Å². The summed E-state index contributed by atoms with van der Waals surface area (Å²) in [6.07, 6.45) is -0.768. The fraction of sp³-hybridized carbons (Fsp3) is 0.533. The molecule has 0 aliphatic rings. The summed E-state index contributed by atoms with van der Waals surface area (Å²) in [5.41, 5.74) is -0.436. The molecule has 0 fully saturated rings. The van der Waals surface area contributed by atoms with Gasteiger partial charge in [0.15, 0.2) is 0 Å². The van der Waals surface area contributed by atoms with Crippen LogP contribution in [0.4, 0.5) is 0 Å². The number of benzene rings is 1. The van der Waals surface area contributed by atoms with Gasteiger partial charge in [-0.2, -0.15) is 0 Å². The lowest BCUT2D eigenvalue weighted by atomic mass is 9.70. The Hall–Kier alpha value is -1.15. The standard InChI is InChI=1S/C15H22O2/c1-14(2,3)13(17)15(4,5)12(16)11-9-7-6-8-10-11/h6-10,12,16H,1-5H3. The number of carbonyl (C=O) groups is 1. The lowest BCUT2D eigenvalue weighted by molar-refractivity contribution is -0.141. The molecule has 0 spiro atoms. The Morgan fingerprint density at radius 1 is 1.06 bits per heavy atom. The van der Waals surface area contributed by atoms with Crippen LogP contribution in [0.1, 0.15) is 46.3 Å². The number of hydrogen-bond donors (Lipinski definition) is 1. The topological polar surface area (TPSA) is 37.3 Å². The van der Waals surface area contributed by atoms with Crippen LogP contribution in [0.3, 0.4) is 0 Å². The molecule has 0 saturated heterocycles. The number of hydrogen-bond acceptors (Lipinski definition) is 2. The van der Waals surface area contributed by atoms with Gasteiger partial charge in [0.25, 0.3) is 0 Å². The molecule has 1 rings (SSSR count). The normalized spacial score (nSPS) is 14.5. The third kappa shape index (κ3) is 2.95. The molecular weight excluding hydrogens is 212 g/mol. The van der Waals surface area contributed by atoms with Gasteiger partial charge in [0.1, 0.15) is 5.78 Å². The minimum absolute atomic E-state index is 0.0707. The summed E-state index contributed by atoms with van der Waals surface area (Å²) in [5, 5.41) is 10.4. The van der Waals surface area contributed by atoms with E-state index < -0.39 is 16.9 Å². The van der Waals surface area contributed by atoms with Crippen molar-refractivity contribution >= 4 is 5.78 Å². The molecule has 1 aromatic carbocycles. The van der Waals surface area contributed by atoms with E-state index in [-0.39, 0.29) is 5.78 Å². The van der Waals surface area contributed by atoms with Crippen molar-refractivity contribution in [1.82, 2.24) is 0 Å². The van der Waals surface area contributed by atoms with Gasteiger partial charge < -0.3 is 5.11 Å². The van der Waals surface area contributed by atoms with Crippen molar-refractivity contribution in [2.45, 2.75) is 40.7 Å². The highest BCUT2D eigenvalue weighted by Gasteiger charge is 2.41. The van der Waals surface area contributed by atoms with E-state index in [1.165, 1.54) is 0 Å². The molecule has 0 radical (unpaired) electrons. The van der Waals surface area contributed by atoms with E-state index in [0.717, 1.165) is 5.56 Å². The molecule has 1 N–H and O–H groups in total. The highest BCUT2D eigenvalue weighted by atomic mass is 16.3. The van der Waals surface area contributed by atoms with Crippen molar-refractivity contribution in [2.75, 3.05) is 0 Å². The van der Waals surface area contributed by atoms with Gasteiger partial charge in [0, 0.05) is 5.41 Å². The van der Waals surface area contributed by atoms with E-state index in [1.54, 1.807) is 13.8 Å². The third-order valence-electron chi connectivity index (χ3n) is 3.07. The molecule has 0 heterocycles. The molecule has 1 atom stereocenters. The van der Waals surface area contributed by atoms with E-state index in [1.807, 2.05) is 51.1 Å². The van der Waals surface area contributed by atoms with Crippen LogP contribution in [-0.2, 0) is 4.79 Å². The van der Waals surface area contributed by atoms with Crippen molar-refractivity contribution in [1.29, 1.82) is 0 Å². The Morgan fingerprint density at radius 3 is 1.94 bits per heavy atom. The minimum atomic E-state index is -0.778. The van der Waals surface area contributed by atoms with Crippen molar-refractivity contribution in [3.8, 4) is 0 Å². The molecule has 1 unspecified atom stereocenters. The SMILES string of the molecule is CC(C)(C)C(=O)C(C)(C)C(O)c1ccccc1. The summed E-state index contributed by atoms with van der Waals surface area (Å²) in [4.78, 5) is 12.3. The Labute approximate surface area is 104 Å². The van der Waals surface area contributed by atoms with E-state index in [9.17, 15) is 9.90 Å². The van der Waals surface area contributed by atoms with Gasteiger partial charge >= 0.3 is 0 Å². The molecule has 0 amide bonds. The first-order valence-electron chi connectivity index (χ1n) is 5.95. The van der Waals surface area contributed by atoms with Crippen LogP contribution in [0.25, 0.3) is 0 Å². The van der Waals surface area contributed by atoms with Gasteiger partial charge in [-0.05, 0) is 5.56 Å². The van der Waals surface area contributed by atoms with Crippen molar-refractivity contribution < 1.29 is 9.90 Å². The maximum absolute atomic E-state index is 12.3. The fourth-order valence-electron chi connectivity index (χ4n) is 2.14. The molecule has 2 nitrogen and oxygen atoms in total. The van der Waals surface area contributed by atoms with Crippen LogP contribution in [0, 0.1) is 10.8 Å². The van der Waals surface area contributed by atoms with Gasteiger partial charge in [0.2, 0.25) is 0 Å². The highest BCUT2D eigenvalue weighted by Crippen LogP contribution is 2.39. The molecule has 0 aliphatic carbocycles. The quantitative estimate of drug-likeness (QED) is 0.870. The molecule has 17 heavy (non-hydrogen) atoms. The summed E-state index contributed by atoms with van der Waals surface area (Å²) in [6.45, 7) is 9.26. The number of Topliss-reactive ketones (excluding diaryl/α,β-unsaturated/α-hetero) is 1. The second kappa shape index (κ2) is 4.61. The minimum Gasteiger partial charge on any atom is -0.387 e. The zero-order valence-corrected chi connectivity index (χ0v) is 11.3. The van der Waals surface area contributed by atoms with Crippen LogP contribution < -0.4 is 0 Å². The molecule has 94 valence electrons. The Balaban J connectivity index is 3.03. The van der Waals surface area contributed by atoms with Crippen LogP contribution in [-0.4, -0.2) is 10.9 Å². The van der Waals surface area contributed by atoms with E-state index in [4.69, 9.17) is 0 Å². The van der Waals surface area contributed by atoms with Crippen LogP contribution in [0.15, 0.2) is 30.3 Å². The predicted octanol–water partition coefficient (Wildman–Crippen LogP) is 3.36. The van der Waals surface area contributed by atoms with Crippen molar-refractivity contribution in [3.05, 3.63) is 35.9 Å². The summed E-state index contributed by atoms with van der Waals surface area (Å²) in [7, 11) is 0. The average molecular weight is 234 g/mol. The predicted molar refractivity (Wildman–Crippen MR) is 69.6 cm³/mol. The van der Waals surface area contributed by atoms with Crippen molar-refractivity contribution in [2.24, 2.45) is 10.8 Å². The fourth-order valence-corrected chi connectivity index (χ4v) is 2.14. The van der Waals surface area contributed by atoms with E-state index in [2.05, 4.69) is 0 Å². The maximum Gasteiger partial charge on any atom is 0.146 e. The highest BCUT2D eigenvalue weighted by molar-refractivity contribution is 5.89. The first kappa shape index (κ1) is 13.9. The second-order valence-electron chi connectivity index (χ2n) is 6.11. The van der Waals surface area contributed by atoms with Gasteiger partial charge in [-0.25, -0.2) is 0 Å². The molecule has 0 aromatic heterocycles. The number of carbonyl (C=O) groups excluding carboxylic acids is 1. The average Bonchev–Trinajstić information content (AvgIpc) is 2.27. The van der Waals surface area contributed by atoms with Gasteiger partial charge in [-0.15, -0.1) is 0 Å². The Morgan fingerprint density at radius 2 is 1.53 bits per heavy atom.